The number of alkyl halides is 3. The summed E-state index contributed by atoms with van der Waals surface area (Å²) >= 11 is 0. The molecule has 3 aromatic carbocycles. The van der Waals surface area contributed by atoms with Crippen LogP contribution in [0.4, 0.5) is 13.2 Å². The fraction of sp³-hybridized carbons (Fsp3) is 0.100. The number of benzene rings is 3. The van der Waals surface area contributed by atoms with Gasteiger partial charge in [0.2, 0.25) is 0 Å². The zero-order valence-electron chi connectivity index (χ0n) is 15.2. The zero-order chi connectivity index (χ0) is 21.1. The minimum absolute atomic E-state index is 0.281. The van der Waals surface area contributed by atoms with Gasteiger partial charge < -0.3 is 4.74 Å². The maximum absolute atomic E-state index is 13.3. The SMILES string of the molecule is COc1ccc(S(OS(=O)(=O)C(F)(F)F)(c2ccccc2)c2ccccc2)cc1. The van der Waals surface area contributed by atoms with E-state index in [1.165, 1.54) is 19.2 Å². The highest BCUT2D eigenvalue weighted by Gasteiger charge is 2.52. The lowest BCUT2D eigenvalue weighted by molar-refractivity contribution is -0.0496. The second-order valence-corrected chi connectivity index (χ2v) is 10.3. The Labute approximate surface area is 168 Å². The Hall–Kier alpha value is -2.49. The Kier molecular flexibility index (Phi) is 5.92. The van der Waals surface area contributed by atoms with Crippen LogP contribution in [-0.2, 0) is 13.7 Å². The highest BCUT2D eigenvalue weighted by molar-refractivity contribution is 8.33. The molecule has 0 aliphatic heterocycles. The summed E-state index contributed by atoms with van der Waals surface area (Å²) in [6.07, 6.45) is 0. The molecule has 0 aliphatic carbocycles. The van der Waals surface area contributed by atoms with Crippen LogP contribution in [0.25, 0.3) is 0 Å². The van der Waals surface area contributed by atoms with Crippen molar-refractivity contribution in [2.24, 2.45) is 0 Å². The smallest absolute Gasteiger partial charge is 0.497 e. The summed E-state index contributed by atoms with van der Waals surface area (Å²) in [4.78, 5) is 0.900. The van der Waals surface area contributed by atoms with Crippen molar-refractivity contribution in [3.63, 3.8) is 0 Å². The van der Waals surface area contributed by atoms with E-state index < -0.39 is 25.9 Å². The number of methoxy groups -OCH3 is 1. The van der Waals surface area contributed by atoms with Gasteiger partial charge in [-0.3, -0.25) is 0 Å². The summed E-state index contributed by atoms with van der Waals surface area (Å²) in [6, 6.07) is 22.2. The number of ether oxygens (including phenoxy) is 1. The van der Waals surface area contributed by atoms with Crippen LogP contribution in [0.5, 0.6) is 5.75 Å². The monoisotopic (exact) mass is 442 g/mol. The average Bonchev–Trinajstić information content (AvgIpc) is 2.72. The molecule has 9 heteroatoms. The molecule has 3 aromatic rings. The van der Waals surface area contributed by atoms with Gasteiger partial charge in [-0.25, -0.2) is 0 Å². The van der Waals surface area contributed by atoms with Crippen molar-refractivity contribution < 1.29 is 30.0 Å². The topological polar surface area (TPSA) is 52.6 Å². The molecule has 0 spiro atoms. The number of halogens is 3. The molecule has 0 heterocycles. The molecular formula is C20H17F3O4S2. The number of rotatable bonds is 6. The van der Waals surface area contributed by atoms with E-state index in [4.69, 9.17) is 8.37 Å². The largest absolute Gasteiger partial charge is 0.524 e. The van der Waals surface area contributed by atoms with E-state index in [-0.39, 0.29) is 4.90 Å². The maximum Gasteiger partial charge on any atom is 0.524 e. The molecule has 29 heavy (non-hydrogen) atoms. The number of hydrogen-bond donors (Lipinski definition) is 0. The normalized spacial score (nSPS) is 13.1. The maximum atomic E-state index is 13.3. The molecule has 0 bridgehead atoms. The van der Waals surface area contributed by atoms with Crippen LogP contribution in [0.3, 0.4) is 0 Å². The van der Waals surface area contributed by atoms with E-state index in [9.17, 15) is 21.6 Å². The lowest BCUT2D eigenvalue weighted by atomic mass is 10.3. The Morgan fingerprint density at radius 3 is 1.48 bits per heavy atom. The molecule has 0 N–H and O–H groups in total. The minimum Gasteiger partial charge on any atom is -0.497 e. The lowest BCUT2D eigenvalue weighted by Crippen LogP contribution is -2.27. The van der Waals surface area contributed by atoms with Crippen LogP contribution in [0.15, 0.2) is 99.6 Å². The van der Waals surface area contributed by atoms with Gasteiger partial charge in [0.1, 0.15) is 5.75 Å². The average molecular weight is 442 g/mol. The fourth-order valence-electron chi connectivity index (χ4n) is 2.69. The van der Waals surface area contributed by atoms with E-state index in [0.717, 1.165) is 0 Å². The van der Waals surface area contributed by atoms with Crippen molar-refractivity contribution in [2.75, 3.05) is 7.11 Å². The molecule has 0 aromatic heterocycles. The Morgan fingerprint density at radius 2 is 1.10 bits per heavy atom. The van der Waals surface area contributed by atoms with Gasteiger partial charge in [0.05, 0.1) is 7.11 Å². The van der Waals surface area contributed by atoms with Gasteiger partial charge in [-0.15, -0.1) is 0 Å². The molecule has 4 nitrogen and oxygen atoms in total. The summed E-state index contributed by atoms with van der Waals surface area (Å²) in [5.41, 5.74) is -5.57. The minimum atomic E-state index is -5.91. The zero-order valence-corrected chi connectivity index (χ0v) is 16.8. The van der Waals surface area contributed by atoms with Crippen LogP contribution in [0, 0.1) is 0 Å². The third-order valence-corrected chi connectivity index (χ3v) is 8.92. The van der Waals surface area contributed by atoms with Gasteiger partial charge in [-0.05, 0) is 58.8 Å². The van der Waals surface area contributed by atoms with Crippen LogP contribution in [0.1, 0.15) is 0 Å². The van der Waals surface area contributed by atoms with E-state index >= 15 is 0 Å². The van der Waals surface area contributed by atoms with Crippen molar-refractivity contribution in [1.29, 1.82) is 0 Å². The number of hydrogen-bond acceptors (Lipinski definition) is 4. The molecule has 3 rings (SSSR count). The van der Waals surface area contributed by atoms with Crippen molar-refractivity contribution >= 4 is 20.4 Å². The summed E-state index contributed by atoms with van der Waals surface area (Å²) in [6.45, 7) is 0. The second-order valence-electron chi connectivity index (χ2n) is 5.83. The fourth-order valence-corrected chi connectivity index (χ4v) is 7.43. The highest BCUT2D eigenvalue weighted by atomic mass is 32.3. The summed E-state index contributed by atoms with van der Waals surface area (Å²) in [7, 11) is -7.72. The quantitative estimate of drug-likeness (QED) is 0.456. The first-order chi connectivity index (χ1) is 13.7. The highest BCUT2D eigenvalue weighted by Crippen LogP contribution is 2.70. The lowest BCUT2D eigenvalue weighted by Gasteiger charge is -2.39. The van der Waals surface area contributed by atoms with Crippen LogP contribution < -0.4 is 4.74 Å². The van der Waals surface area contributed by atoms with Gasteiger partial charge >= 0.3 is 15.6 Å². The molecule has 0 radical (unpaired) electrons. The van der Waals surface area contributed by atoms with Crippen LogP contribution in [-0.4, -0.2) is 21.0 Å². The summed E-state index contributed by atoms with van der Waals surface area (Å²) in [5, 5.41) is 0. The molecule has 0 saturated carbocycles. The van der Waals surface area contributed by atoms with Gasteiger partial charge in [-0.1, -0.05) is 36.4 Å². The Balaban J connectivity index is 2.36. The first-order valence-corrected chi connectivity index (χ1v) is 11.3. The summed E-state index contributed by atoms with van der Waals surface area (Å²) < 4.78 is 74.5. The molecule has 0 atom stereocenters. The standard InChI is InChI=1S/C20H17F3O4S2/c1-26-16-12-14-19(15-13-16)28(17-8-4-2-5-9-17,18-10-6-3-7-11-18)27-29(24,25)20(21,22)23/h2-15H,1H3. The Morgan fingerprint density at radius 1 is 0.690 bits per heavy atom. The van der Waals surface area contributed by atoms with E-state index in [1.807, 2.05) is 0 Å². The molecule has 154 valence electrons. The van der Waals surface area contributed by atoms with Crippen molar-refractivity contribution in [1.82, 2.24) is 0 Å². The van der Waals surface area contributed by atoms with Gasteiger partial charge in [0, 0.05) is 14.7 Å². The predicted molar refractivity (Wildman–Crippen MR) is 104 cm³/mol. The van der Waals surface area contributed by atoms with E-state index in [1.54, 1.807) is 72.8 Å². The van der Waals surface area contributed by atoms with Crippen molar-refractivity contribution in [3.05, 3.63) is 84.9 Å². The first-order valence-electron chi connectivity index (χ1n) is 8.31. The first kappa shape index (κ1) is 21.2. The molecule has 0 unspecified atom stereocenters. The van der Waals surface area contributed by atoms with Crippen LogP contribution >= 0.6 is 10.3 Å². The molecule has 0 saturated heterocycles. The molecule has 0 aliphatic rings. The third kappa shape index (κ3) is 4.12. The van der Waals surface area contributed by atoms with Crippen molar-refractivity contribution in [2.45, 2.75) is 20.2 Å². The van der Waals surface area contributed by atoms with E-state index in [2.05, 4.69) is 0 Å². The molecule has 0 amide bonds. The van der Waals surface area contributed by atoms with E-state index in [0.29, 0.717) is 15.5 Å². The predicted octanol–water partition coefficient (Wildman–Crippen LogP) is 5.76. The Bertz CT molecular complexity index is 1010. The van der Waals surface area contributed by atoms with Gasteiger partial charge in [-0.2, -0.15) is 25.2 Å². The van der Waals surface area contributed by atoms with Gasteiger partial charge in [0.25, 0.3) is 0 Å². The molecule has 0 fully saturated rings. The van der Waals surface area contributed by atoms with Crippen molar-refractivity contribution in [3.8, 4) is 5.75 Å². The molecular weight excluding hydrogens is 425 g/mol. The third-order valence-electron chi connectivity index (χ3n) is 4.02. The van der Waals surface area contributed by atoms with Crippen LogP contribution in [0.2, 0.25) is 0 Å². The van der Waals surface area contributed by atoms with Gasteiger partial charge in [0.15, 0.2) is 0 Å². The summed E-state index contributed by atoms with van der Waals surface area (Å²) in [5.74, 6) is 0.474. The second kappa shape index (κ2) is 8.10.